The maximum Gasteiger partial charge on any atom is 0.152 e. The molecule has 2 aliphatic heterocycles. The molecule has 0 spiro atoms. The fraction of sp³-hybridized carbons (Fsp3) is 0.320. The van der Waals surface area contributed by atoms with Crippen LogP contribution in [0.25, 0.3) is 5.57 Å². The Labute approximate surface area is 172 Å². The molecule has 4 rings (SSSR count). The first-order chi connectivity index (χ1) is 14.0. The van der Waals surface area contributed by atoms with Gasteiger partial charge in [0.25, 0.3) is 0 Å². The van der Waals surface area contributed by atoms with Crippen LogP contribution in [0.3, 0.4) is 0 Å². The fourth-order valence-corrected chi connectivity index (χ4v) is 4.28. The summed E-state index contributed by atoms with van der Waals surface area (Å²) in [7, 11) is 0. The number of rotatable bonds is 3. The van der Waals surface area contributed by atoms with Gasteiger partial charge in [-0.1, -0.05) is 42.5 Å². The number of halogens is 1. The van der Waals surface area contributed by atoms with E-state index < -0.39 is 0 Å². The minimum atomic E-state index is -0.218. The van der Waals surface area contributed by atoms with Gasteiger partial charge >= 0.3 is 0 Å². The van der Waals surface area contributed by atoms with Gasteiger partial charge in [-0.25, -0.2) is 9.38 Å². The first-order valence-corrected chi connectivity index (χ1v) is 10.3. The van der Waals surface area contributed by atoms with Crippen LogP contribution < -0.4 is 0 Å². The summed E-state index contributed by atoms with van der Waals surface area (Å²) in [5, 5.41) is 0. The first kappa shape index (κ1) is 19.4. The van der Waals surface area contributed by atoms with Crippen molar-refractivity contribution in [2.45, 2.75) is 33.1 Å². The van der Waals surface area contributed by atoms with Gasteiger partial charge in [0.05, 0.1) is 5.70 Å². The topological polar surface area (TPSA) is 18.8 Å². The van der Waals surface area contributed by atoms with Gasteiger partial charge in [-0.15, -0.1) is 0 Å². The summed E-state index contributed by atoms with van der Waals surface area (Å²) >= 11 is 0. The molecule has 0 amide bonds. The highest BCUT2D eigenvalue weighted by molar-refractivity contribution is 5.99. The van der Waals surface area contributed by atoms with Crippen molar-refractivity contribution in [1.29, 1.82) is 0 Å². The fourth-order valence-electron chi connectivity index (χ4n) is 4.28. The van der Waals surface area contributed by atoms with E-state index in [2.05, 4.69) is 53.4 Å². The number of allylic oxidation sites excluding steroid dienone is 5. The third-order valence-corrected chi connectivity index (χ3v) is 5.92. The van der Waals surface area contributed by atoms with Crippen molar-refractivity contribution in [2.24, 2.45) is 10.9 Å². The summed E-state index contributed by atoms with van der Waals surface area (Å²) in [6.45, 7) is 10.7. The predicted molar refractivity (Wildman–Crippen MR) is 118 cm³/mol. The Morgan fingerprint density at radius 1 is 1.17 bits per heavy atom. The predicted octanol–water partition coefficient (Wildman–Crippen LogP) is 5.87. The maximum absolute atomic E-state index is 13.5. The molecule has 3 nitrogen and oxygen atoms in total. The third kappa shape index (κ3) is 3.98. The second kappa shape index (κ2) is 8.24. The quantitative estimate of drug-likeness (QED) is 0.643. The van der Waals surface area contributed by atoms with E-state index in [1.165, 1.54) is 36.2 Å². The lowest BCUT2D eigenvalue weighted by Crippen LogP contribution is -2.37. The molecule has 0 aromatic heterocycles. The highest BCUT2D eigenvalue weighted by atomic mass is 19.1. The molecule has 4 heteroatoms. The number of benzene rings is 1. The van der Waals surface area contributed by atoms with Crippen LogP contribution in [-0.2, 0) is 0 Å². The van der Waals surface area contributed by atoms with E-state index in [1.807, 2.05) is 24.5 Å². The zero-order valence-corrected chi connectivity index (χ0v) is 17.2. The van der Waals surface area contributed by atoms with Crippen LogP contribution in [0.4, 0.5) is 4.39 Å². The Balaban J connectivity index is 1.74. The molecule has 0 radical (unpaired) electrons. The molecule has 1 unspecified atom stereocenters. The van der Waals surface area contributed by atoms with Crippen molar-refractivity contribution < 1.29 is 4.39 Å². The van der Waals surface area contributed by atoms with Crippen LogP contribution in [0.2, 0.25) is 0 Å². The minimum absolute atomic E-state index is 0.218. The summed E-state index contributed by atoms with van der Waals surface area (Å²) in [5.41, 5.74) is 5.51. The Morgan fingerprint density at radius 3 is 2.55 bits per heavy atom. The van der Waals surface area contributed by atoms with Gasteiger partial charge in [-0.05, 0) is 56.4 Å². The van der Waals surface area contributed by atoms with Crippen molar-refractivity contribution in [2.75, 3.05) is 13.1 Å². The zero-order valence-electron chi connectivity index (χ0n) is 17.2. The molecule has 1 aromatic carbocycles. The van der Waals surface area contributed by atoms with E-state index in [0.717, 1.165) is 42.2 Å². The monoisotopic (exact) mass is 389 g/mol. The van der Waals surface area contributed by atoms with Crippen LogP contribution in [0.1, 0.15) is 38.7 Å². The van der Waals surface area contributed by atoms with Crippen molar-refractivity contribution in [3.63, 3.8) is 0 Å². The van der Waals surface area contributed by atoms with Gasteiger partial charge in [-0.3, -0.25) is 0 Å². The standard InChI is InChI=1S/C25H28FN3/c1-18-6-8-22(9-7-18)24(19(2)21-10-12-23(26)13-11-21)29-17-14-27-25(20(29)3)28-15-4-5-16-28/h6-8,10-14,17,22H,3-5,9,15-16H2,1-2H3/b24-19+. The Kier molecular flexibility index (Phi) is 5.52. The maximum atomic E-state index is 13.5. The highest BCUT2D eigenvalue weighted by Crippen LogP contribution is 2.36. The average molecular weight is 390 g/mol. The molecular formula is C25H28FN3. The average Bonchev–Trinajstić information content (AvgIpc) is 3.26. The Bertz CT molecular complexity index is 941. The largest absolute Gasteiger partial charge is 0.355 e. The van der Waals surface area contributed by atoms with E-state index >= 15 is 0 Å². The molecule has 0 saturated carbocycles. The summed E-state index contributed by atoms with van der Waals surface area (Å²) in [4.78, 5) is 9.15. The van der Waals surface area contributed by atoms with Crippen molar-refractivity contribution in [3.05, 3.63) is 89.8 Å². The molecule has 1 fully saturated rings. The van der Waals surface area contributed by atoms with E-state index in [9.17, 15) is 4.39 Å². The highest BCUT2D eigenvalue weighted by Gasteiger charge is 2.29. The number of likely N-dealkylation sites (tertiary alicyclic amines) is 1. The summed E-state index contributed by atoms with van der Waals surface area (Å²) in [5.74, 6) is 0.967. The Hall–Kier alpha value is -2.88. The number of hydrogen-bond donors (Lipinski definition) is 0. The van der Waals surface area contributed by atoms with Crippen molar-refractivity contribution >= 4 is 11.4 Å². The molecule has 2 heterocycles. The van der Waals surface area contributed by atoms with Gasteiger partial charge < -0.3 is 9.80 Å². The second-order valence-electron chi connectivity index (χ2n) is 7.93. The number of aliphatic imine (C=N–C) groups is 1. The van der Waals surface area contributed by atoms with E-state index in [-0.39, 0.29) is 11.7 Å². The molecule has 1 atom stereocenters. The molecule has 1 aliphatic carbocycles. The lowest BCUT2D eigenvalue weighted by atomic mass is 9.89. The van der Waals surface area contributed by atoms with Gasteiger partial charge in [0.2, 0.25) is 0 Å². The van der Waals surface area contributed by atoms with Crippen LogP contribution in [-0.4, -0.2) is 28.7 Å². The number of nitrogens with zero attached hydrogens (tertiary/aromatic N) is 3. The zero-order chi connectivity index (χ0) is 20.4. The summed E-state index contributed by atoms with van der Waals surface area (Å²) in [6, 6.07) is 6.75. The smallest absolute Gasteiger partial charge is 0.152 e. The molecule has 0 bridgehead atoms. The Morgan fingerprint density at radius 2 is 1.90 bits per heavy atom. The van der Waals surface area contributed by atoms with Gasteiger partial charge in [0.1, 0.15) is 5.82 Å². The van der Waals surface area contributed by atoms with E-state index in [0.29, 0.717) is 0 Å². The SMILES string of the molecule is C=C1C(N2CCCC2)=NC=CN1/C(=C(\C)c1ccc(F)cc1)C1C=CC(C)=CC1. The van der Waals surface area contributed by atoms with E-state index in [4.69, 9.17) is 0 Å². The molecule has 3 aliphatic rings. The van der Waals surface area contributed by atoms with E-state index in [1.54, 1.807) is 0 Å². The number of amidine groups is 1. The molecule has 150 valence electrons. The minimum Gasteiger partial charge on any atom is -0.355 e. The first-order valence-electron chi connectivity index (χ1n) is 10.3. The van der Waals surface area contributed by atoms with Gasteiger partial charge in [-0.2, -0.15) is 0 Å². The normalized spacial score (nSPS) is 22.6. The molecule has 29 heavy (non-hydrogen) atoms. The summed E-state index contributed by atoms with van der Waals surface area (Å²) in [6.07, 6.45) is 13.9. The third-order valence-electron chi connectivity index (χ3n) is 5.92. The molecule has 0 N–H and O–H groups in total. The second-order valence-corrected chi connectivity index (χ2v) is 7.93. The van der Waals surface area contributed by atoms with Crippen molar-refractivity contribution in [1.82, 2.24) is 9.80 Å². The molecule has 1 saturated heterocycles. The van der Waals surface area contributed by atoms with Gasteiger partial charge in [0, 0.05) is 37.1 Å². The molecule has 1 aromatic rings. The summed E-state index contributed by atoms with van der Waals surface area (Å²) < 4.78 is 13.5. The lowest BCUT2D eigenvalue weighted by molar-refractivity contribution is 0.468. The van der Waals surface area contributed by atoms with Crippen LogP contribution >= 0.6 is 0 Å². The van der Waals surface area contributed by atoms with Crippen molar-refractivity contribution in [3.8, 4) is 0 Å². The number of hydrogen-bond acceptors (Lipinski definition) is 3. The van der Waals surface area contributed by atoms with Gasteiger partial charge in [0.15, 0.2) is 5.84 Å². The van der Waals surface area contributed by atoms with Crippen LogP contribution in [0.15, 0.2) is 83.4 Å². The molecular weight excluding hydrogens is 361 g/mol. The van der Waals surface area contributed by atoms with Crippen LogP contribution in [0, 0.1) is 11.7 Å². The van der Waals surface area contributed by atoms with Crippen LogP contribution in [0.5, 0.6) is 0 Å². The lowest BCUT2D eigenvalue weighted by Gasteiger charge is -2.36.